The Morgan fingerprint density at radius 3 is 1.93 bits per heavy atom. The highest BCUT2D eigenvalue weighted by Gasteiger charge is 2.22. The van der Waals surface area contributed by atoms with Gasteiger partial charge in [-0.25, -0.2) is 9.59 Å². The van der Waals surface area contributed by atoms with Gasteiger partial charge < -0.3 is 9.47 Å². The summed E-state index contributed by atoms with van der Waals surface area (Å²) in [6.45, 7) is 6.84. The van der Waals surface area contributed by atoms with Gasteiger partial charge in [0.25, 0.3) is 0 Å². The van der Waals surface area contributed by atoms with Gasteiger partial charge in [-0.1, -0.05) is 90.2 Å². The maximum atomic E-state index is 12.8. The van der Waals surface area contributed by atoms with E-state index in [4.69, 9.17) is 9.47 Å². The number of carbonyl (C=O) groups is 2. The molecule has 170 valence electrons. The predicted molar refractivity (Wildman–Crippen MR) is 123 cm³/mol. The van der Waals surface area contributed by atoms with Crippen LogP contribution in [-0.2, 0) is 15.9 Å². The van der Waals surface area contributed by atoms with Gasteiger partial charge in [0.05, 0.1) is 24.3 Å². The lowest BCUT2D eigenvalue weighted by Gasteiger charge is -2.14. The van der Waals surface area contributed by atoms with Gasteiger partial charge in [0, 0.05) is 0 Å². The first-order chi connectivity index (χ1) is 14.7. The van der Waals surface area contributed by atoms with E-state index in [0.29, 0.717) is 17.7 Å². The van der Waals surface area contributed by atoms with Crippen molar-refractivity contribution in [1.29, 1.82) is 0 Å². The second-order valence-corrected chi connectivity index (χ2v) is 7.98. The molecule has 0 N–H and O–H groups in total. The van der Waals surface area contributed by atoms with Crippen LogP contribution in [0.2, 0.25) is 0 Å². The van der Waals surface area contributed by atoms with E-state index in [1.165, 1.54) is 38.5 Å². The zero-order chi connectivity index (χ0) is 22.0. The van der Waals surface area contributed by atoms with Crippen LogP contribution < -0.4 is 0 Å². The quantitative estimate of drug-likeness (QED) is 0.197. The number of rotatable bonds is 17. The minimum Gasteiger partial charge on any atom is -0.462 e. The third kappa shape index (κ3) is 10.3. The minimum absolute atomic E-state index is 0.284. The highest BCUT2D eigenvalue weighted by molar-refractivity contribution is 6.04. The van der Waals surface area contributed by atoms with Crippen molar-refractivity contribution in [3.05, 3.63) is 34.9 Å². The smallest absolute Gasteiger partial charge is 0.339 e. The molecular formula is C26H42O4. The normalized spacial score (nSPS) is 10.8. The Morgan fingerprint density at radius 1 is 0.700 bits per heavy atom. The van der Waals surface area contributed by atoms with Crippen molar-refractivity contribution < 1.29 is 19.1 Å². The summed E-state index contributed by atoms with van der Waals surface area (Å²) in [5.41, 5.74) is 1.62. The Balaban J connectivity index is 2.70. The molecule has 4 nitrogen and oxygen atoms in total. The van der Waals surface area contributed by atoms with Crippen LogP contribution in [-0.4, -0.2) is 25.2 Å². The Bertz CT molecular complexity index is 609. The van der Waals surface area contributed by atoms with Crippen molar-refractivity contribution in [3.8, 4) is 0 Å². The number of hydrogen-bond donors (Lipinski definition) is 0. The molecule has 0 unspecified atom stereocenters. The maximum absolute atomic E-state index is 12.8. The third-order valence-electron chi connectivity index (χ3n) is 5.38. The van der Waals surface area contributed by atoms with Gasteiger partial charge in [0.2, 0.25) is 0 Å². The van der Waals surface area contributed by atoms with Crippen molar-refractivity contribution in [2.24, 2.45) is 0 Å². The molecule has 0 radical (unpaired) electrons. The number of unbranched alkanes of at least 4 members (excludes halogenated alkanes) is 10. The van der Waals surface area contributed by atoms with Crippen LogP contribution in [0.25, 0.3) is 0 Å². The predicted octanol–water partition coefficient (Wildman–Crippen LogP) is 7.28. The average Bonchev–Trinajstić information content (AvgIpc) is 2.75. The molecular weight excluding hydrogens is 376 g/mol. The van der Waals surface area contributed by atoms with E-state index >= 15 is 0 Å². The summed E-state index contributed by atoms with van der Waals surface area (Å²) in [7, 11) is 0. The van der Waals surface area contributed by atoms with E-state index in [0.717, 1.165) is 50.5 Å². The summed E-state index contributed by atoms with van der Waals surface area (Å²) in [5.74, 6) is -0.849. The highest BCUT2D eigenvalue weighted by Crippen LogP contribution is 2.21. The second kappa shape index (κ2) is 16.9. The van der Waals surface area contributed by atoms with Gasteiger partial charge >= 0.3 is 11.9 Å². The van der Waals surface area contributed by atoms with E-state index < -0.39 is 11.9 Å². The molecule has 0 heterocycles. The molecule has 0 spiro atoms. The monoisotopic (exact) mass is 418 g/mol. The standard InChI is InChI=1S/C26H42O4/c1-4-7-9-11-12-13-14-15-18-22-19-17-20-23(25(27)29-6-3)24(22)26(28)30-21-16-10-8-5-2/h17,19-20H,4-16,18,21H2,1-3H3. The fourth-order valence-corrected chi connectivity index (χ4v) is 3.64. The Morgan fingerprint density at radius 2 is 1.30 bits per heavy atom. The largest absolute Gasteiger partial charge is 0.462 e. The van der Waals surface area contributed by atoms with Crippen LogP contribution in [0.15, 0.2) is 18.2 Å². The molecule has 0 aliphatic rings. The van der Waals surface area contributed by atoms with Gasteiger partial charge in [-0.05, 0) is 37.8 Å². The first-order valence-corrected chi connectivity index (χ1v) is 12.1. The number of aryl methyl sites for hydroxylation is 1. The molecule has 1 aromatic carbocycles. The number of carbonyl (C=O) groups excluding carboxylic acids is 2. The third-order valence-corrected chi connectivity index (χ3v) is 5.38. The summed E-state index contributed by atoms with van der Waals surface area (Å²) < 4.78 is 10.7. The molecule has 0 saturated heterocycles. The van der Waals surface area contributed by atoms with Crippen molar-refractivity contribution >= 4 is 11.9 Å². The molecule has 0 atom stereocenters. The van der Waals surface area contributed by atoms with Gasteiger partial charge in [0.15, 0.2) is 0 Å². The van der Waals surface area contributed by atoms with E-state index in [9.17, 15) is 9.59 Å². The van der Waals surface area contributed by atoms with Gasteiger partial charge in [0.1, 0.15) is 0 Å². The molecule has 0 bridgehead atoms. The van der Waals surface area contributed by atoms with Crippen molar-refractivity contribution in [2.75, 3.05) is 13.2 Å². The number of benzene rings is 1. The molecule has 0 aliphatic carbocycles. The SMILES string of the molecule is CCCCCCCCCCc1cccc(C(=O)OCC)c1C(=O)OCCCCCC. The summed E-state index contributed by atoms with van der Waals surface area (Å²) in [6.07, 6.45) is 14.8. The molecule has 1 aromatic rings. The highest BCUT2D eigenvalue weighted by atomic mass is 16.5. The summed E-state index contributed by atoms with van der Waals surface area (Å²) in [6, 6.07) is 5.45. The Labute approximate surface area is 183 Å². The van der Waals surface area contributed by atoms with Crippen molar-refractivity contribution in [3.63, 3.8) is 0 Å². The Hall–Kier alpha value is -1.84. The average molecular weight is 419 g/mol. The van der Waals surface area contributed by atoms with Crippen molar-refractivity contribution in [1.82, 2.24) is 0 Å². The second-order valence-electron chi connectivity index (χ2n) is 7.98. The molecule has 0 amide bonds. The molecule has 30 heavy (non-hydrogen) atoms. The van der Waals surface area contributed by atoms with E-state index in [-0.39, 0.29) is 6.61 Å². The van der Waals surface area contributed by atoms with Gasteiger partial charge in [-0.2, -0.15) is 0 Å². The topological polar surface area (TPSA) is 52.6 Å². The lowest BCUT2D eigenvalue weighted by molar-refractivity contribution is 0.0461. The number of esters is 2. The van der Waals surface area contributed by atoms with Gasteiger partial charge in [-0.3, -0.25) is 0 Å². The minimum atomic E-state index is -0.451. The molecule has 0 aromatic heterocycles. The number of ether oxygens (including phenoxy) is 2. The van der Waals surface area contributed by atoms with Crippen LogP contribution in [0.3, 0.4) is 0 Å². The molecule has 0 saturated carbocycles. The Kier molecular flexibility index (Phi) is 14.8. The molecule has 0 fully saturated rings. The van der Waals surface area contributed by atoms with E-state index in [2.05, 4.69) is 13.8 Å². The lowest BCUT2D eigenvalue weighted by Crippen LogP contribution is -2.17. The number of hydrogen-bond acceptors (Lipinski definition) is 4. The van der Waals surface area contributed by atoms with Crippen LogP contribution in [0, 0.1) is 0 Å². The van der Waals surface area contributed by atoms with E-state index in [1.807, 2.05) is 12.1 Å². The molecule has 0 aliphatic heterocycles. The molecule has 1 rings (SSSR count). The maximum Gasteiger partial charge on any atom is 0.339 e. The van der Waals surface area contributed by atoms with E-state index in [1.54, 1.807) is 13.0 Å². The lowest BCUT2D eigenvalue weighted by atomic mass is 9.96. The zero-order valence-corrected chi connectivity index (χ0v) is 19.5. The first-order valence-electron chi connectivity index (χ1n) is 12.1. The zero-order valence-electron chi connectivity index (χ0n) is 19.5. The molecule has 4 heteroatoms. The van der Waals surface area contributed by atoms with Crippen LogP contribution in [0.1, 0.15) is 124 Å². The fourth-order valence-electron chi connectivity index (χ4n) is 3.64. The van der Waals surface area contributed by atoms with Crippen LogP contribution >= 0.6 is 0 Å². The van der Waals surface area contributed by atoms with Crippen LogP contribution in [0.5, 0.6) is 0 Å². The van der Waals surface area contributed by atoms with Crippen molar-refractivity contribution in [2.45, 2.75) is 104 Å². The first kappa shape index (κ1) is 26.2. The summed E-state index contributed by atoms with van der Waals surface area (Å²) >= 11 is 0. The van der Waals surface area contributed by atoms with Gasteiger partial charge in [-0.15, -0.1) is 0 Å². The van der Waals surface area contributed by atoms with Crippen LogP contribution in [0.4, 0.5) is 0 Å². The summed E-state index contributed by atoms with van der Waals surface area (Å²) in [4.78, 5) is 25.2. The summed E-state index contributed by atoms with van der Waals surface area (Å²) in [5, 5.41) is 0. The fraction of sp³-hybridized carbons (Fsp3) is 0.692.